The van der Waals surface area contributed by atoms with Crippen LogP contribution < -0.4 is 5.73 Å². The van der Waals surface area contributed by atoms with Crippen molar-refractivity contribution in [2.75, 3.05) is 13.1 Å². The van der Waals surface area contributed by atoms with Crippen molar-refractivity contribution in [1.29, 1.82) is 0 Å². The van der Waals surface area contributed by atoms with E-state index in [1.807, 2.05) is 0 Å². The van der Waals surface area contributed by atoms with Crippen LogP contribution in [0.25, 0.3) is 0 Å². The molecule has 1 rings (SSSR count). The fraction of sp³-hybridized carbons (Fsp3) is 0.900. The van der Waals surface area contributed by atoms with Gasteiger partial charge in [-0.05, 0) is 26.3 Å². The first-order chi connectivity index (χ1) is 7.84. The van der Waals surface area contributed by atoms with Crippen molar-refractivity contribution in [3.05, 3.63) is 0 Å². The topological polar surface area (TPSA) is 61.9 Å². The highest BCUT2D eigenvalue weighted by molar-refractivity contribution is 5.80. The zero-order chi connectivity index (χ0) is 13.1. The first kappa shape index (κ1) is 14.1. The third-order valence-corrected chi connectivity index (χ3v) is 3.17. The van der Waals surface area contributed by atoms with Crippen molar-refractivity contribution in [1.82, 2.24) is 4.90 Å². The molecule has 2 atom stereocenters. The number of nitrogens with two attached hydrogens (primary N) is 1. The number of nitrogens with zero attached hydrogens (tertiary/aromatic N) is 2. The van der Waals surface area contributed by atoms with Crippen LogP contribution in [-0.4, -0.2) is 41.3 Å². The average molecular weight is 253 g/mol. The van der Waals surface area contributed by atoms with Gasteiger partial charge in [0.15, 0.2) is 0 Å². The molecule has 1 saturated heterocycles. The number of hydrogen-bond acceptors (Lipinski definition) is 3. The van der Waals surface area contributed by atoms with Gasteiger partial charge in [-0.15, -0.1) is 0 Å². The molecule has 0 aromatic carbocycles. The number of amidine groups is 1. The SMILES string of the molecule is CC(CC(N)=NO)N1CCCC(C(F)(F)F)C1. The largest absolute Gasteiger partial charge is 0.409 e. The van der Waals surface area contributed by atoms with Gasteiger partial charge < -0.3 is 10.9 Å². The standard InChI is InChI=1S/C10H18F3N3O/c1-7(5-9(14)15-17)16-4-2-3-8(6-16)10(11,12)13/h7-8,17H,2-6H2,1H3,(H2,14,15). The molecule has 0 saturated carbocycles. The van der Waals surface area contributed by atoms with Crippen LogP contribution in [0, 0.1) is 5.92 Å². The Morgan fingerprint density at radius 1 is 1.59 bits per heavy atom. The van der Waals surface area contributed by atoms with Gasteiger partial charge in [0, 0.05) is 19.0 Å². The van der Waals surface area contributed by atoms with E-state index in [1.165, 1.54) is 0 Å². The molecule has 0 aromatic heterocycles. The Labute approximate surface area is 98.3 Å². The Hall–Kier alpha value is -0.980. The molecule has 4 nitrogen and oxygen atoms in total. The molecule has 0 bridgehead atoms. The lowest BCUT2D eigenvalue weighted by Gasteiger charge is -2.37. The van der Waals surface area contributed by atoms with Crippen molar-refractivity contribution < 1.29 is 18.4 Å². The fourth-order valence-corrected chi connectivity index (χ4v) is 2.15. The second-order valence-corrected chi connectivity index (χ2v) is 4.52. The van der Waals surface area contributed by atoms with E-state index in [1.54, 1.807) is 11.8 Å². The van der Waals surface area contributed by atoms with Crippen molar-refractivity contribution in [3.8, 4) is 0 Å². The fourth-order valence-electron chi connectivity index (χ4n) is 2.15. The molecule has 100 valence electrons. The van der Waals surface area contributed by atoms with E-state index in [4.69, 9.17) is 10.9 Å². The molecular formula is C10H18F3N3O. The van der Waals surface area contributed by atoms with Gasteiger partial charge in [-0.3, -0.25) is 4.90 Å². The Balaban J connectivity index is 2.54. The van der Waals surface area contributed by atoms with Gasteiger partial charge in [0.2, 0.25) is 0 Å². The predicted molar refractivity (Wildman–Crippen MR) is 57.8 cm³/mol. The van der Waals surface area contributed by atoms with Crippen LogP contribution in [0.3, 0.4) is 0 Å². The van der Waals surface area contributed by atoms with Crippen LogP contribution in [0.2, 0.25) is 0 Å². The summed E-state index contributed by atoms with van der Waals surface area (Å²) in [6, 6.07) is -0.143. The molecule has 0 spiro atoms. The highest BCUT2D eigenvalue weighted by Crippen LogP contribution is 2.33. The van der Waals surface area contributed by atoms with Gasteiger partial charge in [0.05, 0.1) is 5.92 Å². The number of alkyl halides is 3. The van der Waals surface area contributed by atoms with Gasteiger partial charge in [-0.25, -0.2) is 0 Å². The monoisotopic (exact) mass is 253 g/mol. The van der Waals surface area contributed by atoms with E-state index >= 15 is 0 Å². The van der Waals surface area contributed by atoms with E-state index in [0.717, 1.165) is 0 Å². The maximum Gasteiger partial charge on any atom is 0.393 e. The summed E-state index contributed by atoms with van der Waals surface area (Å²) in [7, 11) is 0. The summed E-state index contributed by atoms with van der Waals surface area (Å²) < 4.78 is 37.8. The lowest BCUT2D eigenvalue weighted by atomic mass is 9.96. The maximum absolute atomic E-state index is 12.6. The van der Waals surface area contributed by atoms with E-state index in [0.29, 0.717) is 13.0 Å². The third kappa shape index (κ3) is 4.07. The average Bonchev–Trinajstić information content (AvgIpc) is 2.28. The normalized spacial score (nSPS) is 25.9. The molecule has 3 N–H and O–H groups in total. The number of likely N-dealkylation sites (tertiary alicyclic amines) is 1. The van der Waals surface area contributed by atoms with Gasteiger partial charge in [0.1, 0.15) is 5.84 Å². The minimum absolute atomic E-state index is 0.00335. The molecule has 0 amide bonds. The molecule has 17 heavy (non-hydrogen) atoms. The first-order valence-electron chi connectivity index (χ1n) is 5.61. The van der Waals surface area contributed by atoms with E-state index < -0.39 is 12.1 Å². The minimum atomic E-state index is -4.13. The van der Waals surface area contributed by atoms with Gasteiger partial charge in [0.25, 0.3) is 0 Å². The Morgan fingerprint density at radius 2 is 2.24 bits per heavy atom. The van der Waals surface area contributed by atoms with E-state index in [2.05, 4.69) is 5.16 Å². The van der Waals surface area contributed by atoms with Crippen LogP contribution >= 0.6 is 0 Å². The number of hydrogen-bond donors (Lipinski definition) is 2. The molecule has 2 unspecified atom stereocenters. The van der Waals surface area contributed by atoms with Crippen LogP contribution in [0.4, 0.5) is 13.2 Å². The molecule has 1 aliphatic rings. The summed E-state index contributed by atoms with van der Waals surface area (Å²) in [5.41, 5.74) is 5.35. The lowest BCUT2D eigenvalue weighted by Crippen LogP contribution is -2.46. The second kappa shape index (κ2) is 5.57. The van der Waals surface area contributed by atoms with E-state index in [9.17, 15) is 13.2 Å². The second-order valence-electron chi connectivity index (χ2n) is 4.52. The van der Waals surface area contributed by atoms with Crippen molar-refractivity contribution >= 4 is 5.84 Å². The Kier molecular flexibility index (Phi) is 4.62. The Bertz CT molecular complexity index is 280. The number of rotatable bonds is 3. The summed E-state index contributed by atoms with van der Waals surface area (Å²) in [4.78, 5) is 1.75. The molecule has 0 aliphatic carbocycles. The minimum Gasteiger partial charge on any atom is -0.409 e. The summed E-state index contributed by atoms with van der Waals surface area (Å²) in [5, 5.41) is 11.3. The zero-order valence-corrected chi connectivity index (χ0v) is 9.74. The highest BCUT2D eigenvalue weighted by atomic mass is 19.4. The zero-order valence-electron chi connectivity index (χ0n) is 9.74. The summed E-state index contributed by atoms with van der Waals surface area (Å²) in [6.07, 6.45) is -3.13. The molecule has 0 radical (unpaired) electrons. The van der Waals surface area contributed by atoms with Crippen LogP contribution in [-0.2, 0) is 0 Å². The van der Waals surface area contributed by atoms with Gasteiger partial charge >= 0.3 is 6.18 Å². The Morgan fingerprint density at radius 3 is 2.76 bits per heavy atom. The predicted octanol–water partition coefficient (Wildman–Crippen LogP) is 1.79. The van der Waals surface area contributed by atoms with Crippen LogP contribution in [0.15, 0.2) is 5.16 Å². The maximum atomic E-state index is 12.6. The quantitative estimate of drug-likeness (QED) is 0.349. The van der Waals surface area contributed by atoms with Crippen LogP contribution in [0.1, 0.15) is 26.2 Å². The van der Waals surface area contributed by atoms with Crippen molar-refractivity contribution in [2.45, 2.75) is 38.4 Å². The molecular weight excluding hydrogens is 235 g/mol. The van der Waals surface area contributed by atoms with Crippen molar-refractivity contribution in [3.63, 3.8) is 0 Å². The molecule has 0 aromatic rings. The lowest BCUT2D eigenvalue weighted by molar-refractivity contribution is -0.188. The van der Waals surface area contributed by atoms with Gasteiger partial charge in [-0.1, -0.05) is 5.16 Å². The summed E-state index contributed by atoms with van der Waals surface area (Å²) >= 11 is 0. The smallest absolute Gasteiger partial charge is 0.393 e. The van der Waals surface area contributed by atoms with Gasteiger partial charge in [-0.2, -0.15) is 13.2 Å². The van der Waals surface area contributed by atoms with E-state index in [-0.39, 0.29) is 31.3 Å². The number of halogens is 3. The molecule has 1 fully saturated rings. The molecule has 1 aliphatic heterocycles. The first-order valence-corrected chi connectivity index (χ1v) is 5.61. The molecule has 1 heterocycles. The number of piperidine rings is 1. The summed E-state index contributed by atoms with van der Waals surface area (Å²) in [5.74, 6) is -1.21. The summed E-state index contributed by atoms with van der Waals surface area (Å²) in [6.45, 7) is 2.42. The third-order valence-electron chi connectivity index (χ3n) is 3.17. The van der Waals surface area contributed by atoms with Crippen molar-refractivity contribution in [2.24, 2.45) is 16.8 Å². The van der Waals surface area contributed by atoms with Crippen LogP contribution in [0.5, 0.6) is 0 Å². The highest BCUT2D eigenvalue weighted by Gasteiger charge is 2.42. The molecule has 7 heteroatoms. The number of oxime groups is 1.